The van der Waals surface area contributed by atoms with E-state index in [0.717, 1.165) is 0 Å². The lowest BCUT2D eigenvalue weighted by Gasteiger charge is -2.29. The Kier molecular flexibility index (Phi) is 11.6. The second-order valence-corrected chi connectivity index (χ2v) is 9.45. The molecule has 2 atom stereocenters. The number of aliphatic hydroxyl groups excluding tert-OH is 1. The van der Waals surface area contributed by atoms with Crippen LogP contribution in [0.25, 0.3) is 0 Å². The molecule has 0 saturated carbocycles. The molecule has 0 radical (unpaired) electrons. The number of amides is 2. The molecule has 9 heteroatoms. The number of hydrogen-bond acceptors (Lipinski definition) is 7. The van der Waals surface area contributed by atoms with Gasteiger partial charge in [-0.2, -0.15) is 0 Å². The van der Waals surface area contributed by atoms with Crippen LogP contribution in [0.4, 0.5) is 21.9 Å². The highest BCUT2D eigenvalue weighted by Crippen LogP contribution is 2.34. The van der Waals surface area contributed by atoms with Crippen LogP contribution in [0.1, 0.15) is 24.5 Å². The van der Waals surface area contributed by atoms with E-state index in [1.54, 1.807) is 72.8 Å². The largest absolute Gasteiger partial charge is 0.491 e. The SMILES string of the molecule is Nc1ccccc1NC(=O)/C=C/CC[C@H](Oc1ccccc1)[C@@H](OC(=O)Nc1ccccc1)c1ccccc1OCCO. The maximum Gasteiger partial charge on any atom is 0.412 e. The second-order valence-electron chi connectivity index (χ2n) is 9.45. The van der Waals surface area contributed by atoms with Gasteiger partial charge in [0.15, 0.2) is 6.10 Å². The molecule has 0 bridgehead atoms. The van der Waals surface area contributed by atoms with Crippen LogP contribution >= 0.6 is 0 Å². The quantitative estimate of drug-likeness (QED) is 0.101. The molecular formula is C34H35N3O6. The zero-order valence-electron chi connectivity index (χ0n) is 23.6. The van der Waals surface area contributed by atoms with Gasteiger partial charge < -0.3 is 30.4 Å². The number of para-hydroxylation sites is 5. The fraction of sp³-hybridized carbons (Fsp3) is 0.176. The maximum absolute atomic E-state index is 13.2. The topological polar surface area (TPSA) is 132 Å². The van der Waals surface area contributed by atoms with Gasteiger partial charge in [0.05, 0.1) is 18.0 Å². The van der Waals surface area contributed by atoms with Gasteiger partial charge in [0.25, 0.3) is 0 Å². The first-order valence-electron chi connectivity index (χ1n) is 13.9. The fourth-order valence-corrected chi connectivity index (χ4v) is 4.31. The molecule has 0 unspecified atom stereocenters. The van der Waals surface area contributed by atoms with E-state index in [2.05, 4.69) is 10.6 Å². The molecule has 0 aliphatic carbocycles. The van der Waals surface area contributed by atoms with Crippen LogP contribution < -0.4 is 25.8 Å². The van der Waals surface area contributed by atoms with Crippen LogP contribution in [0.3, 0.4) is 0 Å². The van der Waals surface area contributed by atoms with Crippen LogP contribution in [0, 0.1) is 0 Å². The number of aliphatic hydroxyl groups is 1. The Morgan fingerprint density at radius 2 is 1.51 bits per heavy atom. The summed E-state index contributed by atoms with van der Waals surface area (Å²) in [7, 11) is 0. The minimum Gasteiger partial charge on any atom is -0.491 e. The molecular weight excluding hydrogens is 546 g/mol. The monoisotopic (exact) mass is 581 g/mol. The van der Waals surface area contributed by atoms with Gasteiger partial charge in [-0.05, 0) is 61.4 Å². The number of nitrogen functional groups attached to an aromatic ring is 1. The summed E-state index contributed by atoms with van der Waals surface area (Å²) in [6.07, 6.45) is 1.70. The molecule has 4 aromatic carbocycles. The molecule has 0 aliphatic heterocycles. The summed E-state index contributed by atoms with van der Waals surface area (Å²) in [6, 6.07) is 32.3. The molecule has 222 valence electrons. The Morgan fingerprint density at radius 1 is 0.837 bits per heavy atom. The molecule has 43 heavy (non-hydrogen) atoms. The van der Waals surface area contributed by atoms with Crippen molar-refractivity contribution in [2.75, 3.05) is 29.6 Å². The fourth-order valence-electron chi connectivity index (χ4n) is 4.31. The zero-order chi connectivity index (χ0) is 30.3. The van der Waals surface area contributed by atoms with E-state index in [9.17, 15) is 14.7 Å². The number of carbonyl (C=O) groups is 2. The van der Waals surface area contributed by atoms with Crippen molar-refractivity contribution in [2.24, 2.45) is 0 Å². The maximum atomic E-state index is 13.2. The number of rotatable bonds is 14. The summed E-state index contributed by atoms with van der Waals surface area (Å²) in [6.45, 7) is -0.117. The Balaban J connectivity index is 1.58. The lowest BCUT2D eigenvalue weighted by atomic mass is 9.99. The van der Waals surface area contributed by atoms with Crippen LogP contribution in [0.5, 0.6) is 11.5 Å². The Morgan fingerprint density at radius 3 is 2.26 bits per heavy atom. The predicted molar refractivity (Wildman–Crippen MR) is 167 cm³/mol. The van der Waals surface area contributed by atoms with Crippen molar-refractivity contribution in [3.63, 3.8) is 0 Å². The van der Waals surface area contributed by atoms with E-state index < -0.39 is 18.3 Å². The number of ether oxygens (including phenoxy) is 3. The van der Waals surface area contributed by atoms with Gasteiger partial charge in [-0.1, -0.05) is 72.8 Å². The standard InChI is InChI=1S/C34H35N3O6/c35-28-18-8-9-19-29(28)37-32(39)22-12-11-21-31(42-26-15-5-2-6-16-26)33(27-17-7-10-20-30(27)41-24-23-38)43-34(40)36-25-13-3-1-4-14-25/h1-10,12-20,22,31,33,38H,11,21,23-24,35H2,(H,36,40)(H,37,39)/b22-12+/t31-,33-/m0/s1. The lowest BCUT2D eigenvalue weighted by molar-refractivity contribution is -0.111. The molecule has 4 aromatic rings. The Labute approximate surface area is 250 Å². The number of anilines is 3. The third-order valence-corrected chi connectivity index (χ3v) is 6.30. The van der Waals surface area contributed by atoms with E-state index in [4.69, 9.17) is 19.9 Å². The first-order valence-corrected chi connectivity index (χ1v) is 13.9. The van der Waals surface area contributed by atoms with Crippen LogP contribution in [-0.2, 0) is 9.53 Å². The molecule has 0 fully saturated rings. The van der Waals surface area contributed by atoms with Crippen molar-refractivity contribution in [1.29, 1.82) is 0 Å². The summed E-state index contributed by atoms with van der Waals surface area (Å²) in [5.41, 5.74) is 8.07. The summed E-state index contributed by atoms with van der Waals surface area (Å²) in [4.78, 5) is 25.7. The molecule has 5 N–H and O–H groups in total. The summed E-state index contributed by atoms with van der Waals surface area (Å²) < 4.78 is 18.2. The average molecular weight is 582 g/mol. The highest BCUT2D eigenvalue weighted by molar-refractivity contribution is 6.01. The average Bonchev–Trinajstić information content (AvgIpc) is 3.03. The van der Waals surface area contributed by atoms with E-state index in [0.29, 0.717) is 47.0 Å². The van der Waals surface area contributed by atoms with Crippen molar-refractivity contribution in [3.8, 4) is 11.5 Å². The zero-order valence-corrected chi connectivity index (χ0v) is 23.6. The van der Waals surface area contributed by atoms with Crippen molar-refractivity contribution in [3.05, 3.63) is 127 Å². The normalized spacial score (nSPS) is 12.2. The van der Waals surface area contributed by atoms with Gasteiger partial charge in [-0.25, -0.2) is 4.79 Å². The first kappa shape index (κ1) is 30.7. The number of hydrogen-bond donors (Lipinski definition) is 4. The third-order valence-electron chi connectivity index (χ3n) is 6.30. The first-order chi connectivity index (χ1) is 21.0. The number of benzene rings is 4. The second kappa shape index (κ2) is 16.2. The Bertz CT molecular complexity index is 1480. The third kappa shape index (κ3) is 9.65. The number of carbonyl (C=O) groups excluding carboxylic acids is 2. The summed E-state index contributed by atoms with van der Waals surface area (Å²) in [5, 5.41) is 14.9. The molecule has 0 spiro atoms. The summed E-state index contributed by atoms with van der Waals surface area (Å²) >= 11 is 0. The highest BCUT2D eigenvalue weighted by atomic mass is 16.6. The van der Waals surface area contributed by atoms with Crippen LogP contribution in [0.15, 0.2) is 121 Å². The van der Waals surface area contributed by atoms with Crippen molar-refractivity contribution in [1.82, 2.24) is 0 Å². The molecule has 0 aliphatic rings. The molecule has 0 saturated heterocycles. The van der Waals surface area contributed by atoms with Gasteiger partial charge in [-0.15, -0.1) is 0 Å². The molecule has 2 amide bonds. The molecule has 4 rings (SSSR count). The van der Waals surface area contributed by atoms with E-state index in [-0.39, 0.29) is 19.1 Å². The van der Waals surface area contributed by atoms with Crippen LogP contribution in [0.2, 0.25) is 0 Å². The van der Waals surface area contributed by atoms with Gasteiger partial charge in [0.1, 0.15) is 24.2 Å². The van der Waals surface area contributed by atoms with E-state index in [1.807, 2.05) is 42.5 Å². The van der Waals surface area contributed by atoms with Crippen molar-refractivity contribution >= 4 is 29.1 Å². The van der Waals surface area contributed by atoms with Gasteiger partial charge in [-0.3, -0.25) is 10.1 Å². The molecule has 9 nitrogen and oxygen atoms in total. The van der Waals surface area contributed by atoms with Crippen molar-refractivity contribution < 1.29 is 28.9 Å². The van der Waals surface area contributed by atoms with Crippen molar-refractivity contribution in [2.45, 2.75) is 25.0 Å². The minimum absolute atomic E-state index is 0.0634. The number of nitrogens with one attached hydrogen (secondary N) is 2. The molecule has 0 heterocycles. The highest BCUT2D eigenvalue weighted by Gasteiger charge is 2.31. The molecule has 0 aromatic heterocycles. The Hall–Kier alpha value is -5.28. The lowest BCUT2D eigenvalue weighted by Crippen LogP contribution is -2.31. The van der Waals surface area contributed by atoms with Crippen LogP contribution in [-0.4, -0.2) is 36.4 Å². The minimum atomic E-state index is -0.912. The predicted octanol–water partition coefficient (Wildman–Crippen LogP) is 6.35. The van der Waals surface area contributed by atoms with E-state index in [1.165, 1.54) is 6.08 Å². The van der Waals surface area contributed by atoms with Gasteiger partial charge >= 0.3 is 6.09 Å². The number of allylic oxidation sites excluding steroid dienone is 1. The number of nitrogens with two attached hydrogens (primary N) is 1. The smallest absolute Gasteiger partial charge is 0.412 e. The van der Waals surface area contributed by atoms with Gasteiger partial charge in [0.2, 0.25) is 5.91 Å². The summed E-state index contributed by atoms with van der Waals surface area (Å²) in [5.74, 6) is 0.710. The van der Waals surface area contributed by atoms with Gasteiger partial charge in [0, 0.05) is 11.3 Å². The van der Waals surface area contributed by atoms with E-state index >= 15 is 0 Å².